The number of alkyl halides is 3. The monoisotopic (exact) mass is 230 g/mol. The van der Waals surface area contributed by atoms with Gasteiger partial charge in [0, 0.05) is 5.56 Å². The minimum absolute atomic E-state index is 0.136. The van der Waals surface area contributed by atoms with E-state index in [0.717, 1.165) is 0 Å². The van der Waals surface area contributed by atoms with Gasteiger partial charge >= 0.3 is 6.18 Å². The Bertz CT molecular complexity index is 357. The molecule has 0 aliphatic rings. The molecule has 0 fully saturated rings. The van der Waals surface area contributed by atoms with E-state index >= 15 is 0 Å². The third kappa shape index (κ3) is 4.33. The minimum atomic E-state index is -4.21. The average molecular weight is 230 g/mol. The van der Waals surface area contributed by atoms with Crippen LogP contribution in [0, 0.1) is 0 Å². The molecule has 1 unspecified atom stereocenters. The van der Waals surface area contributed by atoms with Crippen molar-refractivity contribution in [3.8, 4) is 0 Å². The van der Waals surface area contributed by atoms with Crippen LogP contribution in [0.4, 0.5) is 13.2 Å². The third-order valence-electron chi connectivity index (χ3n) is 1.96. The lowest BCUT2D eigenvalue weighted by Gasteiger charge is -2.11. The fourth-order valence-corrected chi connectivity index (χ4v) is 1.30. The van der Waals surface area contributed by atoms with Crippen molar-refractivity contribution >= 4 is 5.84 Å². The summed E-state index contributed by atoms with van der Waals surface area (Å²) in [6, 6.07) is 7.87. The molecule has 0 aliphatic heterocycles. The largest absolute Gasteiger partial charge is 0.391 e. The van der Waals surface area contributed by atoms with Gasteiger partial charge < -0.3 is 5.73 Å². The van der Waals surface area contributed by atoms with E-state index in [1.54, 1.807) is 30.3 Å². The van der Waals surface area contributed by atoms with Crippen molar-refractivity contribution in [2.45, 2.75) is 25.6 Å². The van der Waals surface area contributed by atoms with E-state index in [0.29, 0.717) is 5.56 Å². The van der Waals surface area contributed by atoms with Crippen LogP contribution in [0.2, 0.25) is 0 Å². The molecule has 16 heavy (non-hydrogen) atoms. The Morgan fingerprint density at radius 2 is 1.88 bits per heavy atom. The Morgan fingerprint density at radius 1 is 1.31 bits per heavy atom. The standard InChI is InChI=1S/C11H13F3N2/c1-8(7-11(12,13)14)16-10(15)9-5-3-2-4-6-9/h2-6,8H,7H2,1H3,(H2,15,16). The van der Waals surface area contributed by atoms with Crippen molar-refractivity contribution in [3.05, 3.63) is 35.9 Å². The Balaban J connectivity index is 2.70. The predicted octanol–water partition coefficient (Wildman–Crippen LogP) is 2.73. The highest BCUT2D eigenvalue weighted by molar-refractivity contribution is 5.97. The van der Waals surface area contributed by atoms with Crippen LogP contribution in [0.15, 0.2) is 35.3 Å². The summed E-state index contributed by atoms with van der Waals surface area (Å²) in [4.78, 5) is 3.81. The summed E-state index contributed by atoms with van der Waals surface area (Å²) in [6.45, 7) is 1.39. The van der Waals surface area contributed by atoms with Crippen LogP contribution in [0.25, 0.3) is 0 Å². The van der Waals surface area contributed by atoms with Gasteiger partial charge in [-0.3, -0.25) is 4.99 Å². The molecule has 0 spiro atoms. The van der Waals surface area contributed by atoms with Crippen molar-refractivity contribution in [3.63, 3.8) is 0 Å². The second kappa shape index (κ2) is 5.01. The lowest BCUT2D eigenvalue weighted by molar-refractivity contribution is -0.137. The van der Waals surface area contributed by atoms with Crippen LogP contribution in [-0.4, -0.2) is 18.1 Å². The number of halogens is 3. The zero-order valence-corrected chi connectivity index (χ0v) is 8.83. The number of rotatable bonds is 3. The van der Waals surface area contributed by atoms with Crippen molar-refractivity contribution in [1.29, 1.82) is 0 Å². The molecule has 2 nitrogen and oxygen atoms in total. The first kappa shape index (κ1) is 12.5. The molecule has 0 saturated carbocycles. The summed E-state index contributed by atoms with van der Waals surface area (Å²) in [5.74, 6) is 0.136. The molecule has 2 N–H and O–H groups in total. The molecule has 1 rings (SSSR count). The fraction of sp³-hybridized carbons (Fsp3) is 0.364. The predicted molar refractivity (Wildman–Crippen MR) is 57.3 cm³/mol. The molecule has 0 bridgehead atoms. The SMILES string of the molecule is CC(CC(F)(F)F)N=C(N)c1ccccc1. The van der Waals surface area contributed by atoms with Gasteiger partial charge in [0.15, 0.2) is 0 Å². The summed E-state index contributed by atoms with van der Waals surface area (Å²) < 4.78 is 36.1. The third-order valence-corrected chi connectivity index (χ3v) is 1.96. The Hall–Kier alpha value is -1.52. The molecule has 0 aromatic heterocycles. The lowest BCUT2D eigenvalue weighted by Crippen LogP contribution is -2.20. The highest BCUT2D eigenvalue weighted by Crippen LogP contribution is 2.22. The minimum Gasteiger partial charge on any atom is -0.383 e. The molecule has 0 heterocycles. The number of aliphatic imine (C=N–C) groups is 1. The number of nitrogens with two attached hydrogens (primary N) is 1. The Morgan fingerprint density at radius 3 is 2.38 bits per heavy atom. The molecule has 1 atom stereocenters. The van der Waals surface area contributed by atoms with Crippen LogP contribution < -0.4 is 5.73 Å². The molecule has 1 aromatic carbocycles. The highest BCUT2D eigenvalue weighted by Gasteiger charge is 2.29. The molecule has 0 aliphatic carbocycles. The Labute approximate surface area is 92.0 Å². The number of benzene rings is 1. The molecular formula is C11H13F3N2. The maximum atomic E-state index is 12.0. The second-order valence-corrected chi connectivity index (χ2v) is 3.55. The molecular weight excluding hydrogens is 217 g/mol. The van der Waals surface area contributed by atoms with Crippen molar-refractivity contribution in [1.82, 2.24) is 0 Å². The van der Waals surface area contributed by atoms with E-state index in [2.05, 4.69) is 4.99 Å². The Kier molecular flexibility index (Phi) is 3.93. The lowest BCUT2D eigenvalue weighted by atomic mass is 10.2. The number of nitrogens with zero attached hydrogens (tertiary/aromatic N) is 1. The zero-order chi connectivity index (χ0) is 12.2. The summed E-state index contributed by atoms with van der Waals surface area (Å²) in [5, 5.41) is 0. The smallest absolute Gasteiger partial charge is 0.383 e. The number of hydrogen-bond acceptors (Lipinski definition) is 1. The van der Waals surface area contributed by atoms with Crippen molar-refractivity contribution in [2.75, 3.05) is 0 Å². The quantitative estimate of drug-likeness (QED) is 0.629. The first-order valence-corrected chi connectivity index (χ1v) is 4.84. The number of hydrogen-bond donors (Lipinski definition) is 1. The van der Waals surface area contributed by atoms with Gasteiger partial charge in [-0.25, -0.2) is 0 Å². The van der Waals surface area contributed by atoms with Crippen LogP contribution >= 0.6 is 0 Å². The second-order valence-electron chi connectivity index (χ2n) is 3.55. The van der Waals surface area contributed by atoms with Gasteiger partial charge in [-0.2, -0.15) is 13.2 Å². The molecule has 88 valence electrons. The van der Waals surface area contributed by atoms with Gasteiger partial charge in [-0.15, -0.1) is 0 Å². The van der Waals surface area contributed by atoms with E-state index in [9.17, 15) is 13.2 Å². The van der Waals surface area contributed by atoms with E-state index in [-0.39, 0.29) is 5.84 Å². The van der Waals surface area contributed by atoms with Crippen LogP contribution in [-0.2, 0) is 0 Å². The molecule has 5 heteroatoms. The molecule has 0 amide bonds. The van der Waals surface area contributed by atoms with Crippen molar-refractivity contribution in [2.24, 2.45) is 10.7 Å². The van der Waals surface area contributed by atoms with Gasteiger partial charge in [0.25, 0.3) is 0 Å². The van der Waals surface area contributed by atoms with Gasteiger partial charge in [0.1, 0.15) is 5.84 Å². The van der Waals surface area contributed by atoms with Crippen molar-refractivity contribution < 1.29 is 13.2 Å². The molecule has 1 aromatic rings. The first-order valence-electron chi connectivity index (χ1n) is 4.84. The molecule has 0 radical (unpaired) electrons. The molecule has 0 saturated heterocycles. The van der Waals surface area contributed by atoms with E-state index in [1.807, 2.05) is 0 Å². The van der Waals surface area contributed by atoms with Gasteiger partial charge in [-0.05, 0) is 6.92 Å². The fourth-order valence-electron chi connectivity index (χ4n) is 1.30. The highest BCUT2D eigenvalue weighted by atomic mass is 19.4. The number of amidine groups is 1. The average Bonchev–Trinajstić information content (AvgIpc) is 2.16. The summed E-state index contributed by atoms with van der Waals surface area (Å²) in [5.41, 5.74) is 6.23. The van der Waals surface area contributed by atoms with Gasteiger partial charge in [-0.1, -0.05) is 30.3 Å². The topological polar surface area (TPSA) is 38.4 Å². The van der Waals surface area contributed by atoms with Crippen LogP contribution in [0.1, 0.15) is 18.9 Å². The maximum absolute atomic E-state index is 12.0. The summed E-state index contributed by atoms with van der Waals surface area (Å²) in [7, 11) is 0. The zero-order valence-electron chi connectivity index (χ0n) is 8.83. The maximum Gasteiger partial charge on any atom is 0.391 e. The summed E-state index contributed by atoms with van der Waals surface area (Å²) in [6.07, 6.45) is -5.17. The van der Waals surface area contributed by atoms with E-state index < -0.39 is 18.6 Å². The van der Waals surface area contributed by atoms with Gasteiger partial charge in [0.2, 0.25) is 0 Å². The van der Waals surface area contributed by atoms with E-state index in [1.165, 1.54) is 6.92 Å². The normalized spacial score (nSPS) is 14.9. The first-order chi connectivity index (χ1) is 7.38. The van der Waals surface area contributed by atoms with Crippen LogP contribution in [0.5, 0.6) is 0 Å². The van der Waals surface area contributed by atoms with E-state index in [4.69, 9.17) is 5.73 Å². The van der Waals surface area contributed by atoms with Crippen LogP contribution in [0.3, 0.4) is 0 Å². The summed E-state index contributed by atoms with van der Waals surface area (Å²) >= 11 is 0. The van der Waals surface area contributed by atoms with Gasteiger partial charge in [0.05, 0.1) is 12.5 Å².